The van der Waals surface area contributed by atoms with Crippen molar-refractivity contribution in [2.24, 2.45) is 0 Å². The first-order chi connectivity index (χ1) is 9.70. The summed E-state index contributed by atoms with van der Waals surface area (Å²) in [6.07, 6.45) is 2.93. The van der Waals surface area contributed by atoms with Crippen LogP contribution in [-0.4, -0.2) is 23.7 Å². The number of pyridine rings is 1. The Bertz CT molecular complexity index is 552. The van der Waals surface area contributed by atoms with E-state index in [1.54, 1.807) is 26.2 Å². The number of ether oxygens (including phenoxy) is 2. The van der Waals surface area contributed by atoms with Gasteiger partial charge in [0.1, 0.15) is 5.75 Å². The van der Waals surface area contributed by atoms with Crippen molar-refractivity contribution in [2.45, 2.75) is 20.0 Å². The van der Waals surface area contributed by atoms with Crippen LogP contribution in [0.4, 0.5) is 0 Å². The topological polar surface area (TPSA) is 48.4 Å². The van der Waals surface area contributed by atoms with Gasteiger partial charge in [-0.05, 0) is 43.2 Å². The maximum atomic E-state index is 11.5. The van der Waals surface area contributed by atoms with E-state index in [4.69, 9.17) is 9.47 Å². The molecular weight excluding hydrogens is 254 g/mol. The van der Waals surface area contributed by atoms with Gasteiger partial charge < -0.3 is 9.47 Å². The van der Waals surface area contributed by atoms with Crippen molar-refractivity contribution in [2.75, 3.05) is 6.61 Å². The van der Waals surface area contributed by atoms with E-state index in [1.807, 2.05) is 36.4 Å². The number of hydrogen-bond acceptors (Lipinski definition) is 4. The molecule has 1 aromatic carbocycles. The Balaban J connectivity index is 2.04. The van der Waals surface area contributed by atoms with E-state index in [0.717, 1.165) is 11.1 Å². The van der Waals surface area contributed by atoms with Crippen LogP contribution < -0.4 is 4.74 Å². The van der Waals surface area contributed by atoms with Crippen molar-refractivity contribution in [1.82, 2.24) is 4.98 Å². The van der Waals surface area contributed by atoms with Crippen LogP contribution in [0.3, 0.4) is 0 Å². The molecule has 0 radical (unpaired) electrons. The molecule has 1 unspecified atom stereocenters. The maximum Gasteiger partial charge on any atom is 0.347 e. The van der Waals surface area contributed by atoms with Gasteiger partial charge in [-0.1, -0.05) is 18.2 Å². The zero-order chi connectivity index (χ0) is 14.4. The Labute approximate surface area is 118 Å². The van der Waals surface area contributed by atoms with E-state index >= 15 is 0 Å². The molecule has 0 fully saturated rings. The minimum atomic E-state index is -0.612. The van der Waals surface area contributed by atoms with Crippen LogP contribution in [0.2, 0.25) is 0 Å². The zero-order valence-corrected chi connectivity index (χ0v) is 11.6. The Morgan fingerprint density at radius 1 is 1.20 bits per heavy atom. The first-order valence-corrected chi connectivity index (χ1v) is 6.54. The molecule has 0 amide bonds. The highest BCUT2D eigenvalue weighted by atomic mass is 16.6. The largest absolute Gasteiger partial charge is 0.479 e. The third kappa shape index (κ3) is 3.57. The molecule has 1 atom stereocenters. The third-order valence-corrected chi connectivity index (χ3v) is 2.78. The summed E-state index contributed by atoms with van der Waals surface area (Å²) in [4.78, 5) is 15.6. The molecule has 1 aromatic heterocycles. The third-order valence-electron chi connectivity index (χ3n) is 2.78. The highest BCUT2D eigenvalue weighted by Crippen LogP contribution is 2.22. The van der Waals surface area contributed by atoms with Gasteiger partial charge in [0.15, 0.2) is 6.10 Å². The Hall–Kier alpha value is -2.36. The van der Waals surface area contributed by atoms with Crippen LogP contribution in [0.5, 0.6) is 5.75 Å². The van der Waals surface area contributed by atoms with Gasteiger partial charge in [-0.15, -0.1) is 0 Å². The number of esters is 1. The first kappa shape index (κ1) is 14.1. The van der Waals surface area contributed by atoms with E-state index in [1.165, 1.54) is 0 Å². The monoisotopic (exact) mass is 271 g/mol. The molecule has 0 spiro atoms. The number of nitrogens with zero attached hydrogens (tertiary/aromatic N) is 1. The van der Waals surface area contributed by atoms with E-state index in [-0.39, 0.29) is 5.97 Å². The lowest BCUT2D eigenvalue weighted by atomic mass is 10.1. The quantitative estimate of drug-likeness (QED) is 0.784. The van der Waals surface area contributed by atoms with E-state index < -0.39 is 6.10 Å². The second kappa shape index (κ2) is 6.70. The number of rotatable bonds is 5. The molecule has 0 bridgehead atoms. The molecule has 4 heteroatoms. The number of carbonyl (C=O) groups is 1. The number of carbonyl (C=O) groups excluding carboxylic acids is 1. The highest BCUT2D eigenvalue weighted by Gasteiger charge is 2.15. The average molecular weight is 271 g/mol. The minimum absolute atomic E-state index is 0.354. The molecule has 20 heavy (non-hydrogen) atoms. The van der Waals surface area contributed by atoms with Gasteiger partial charge in [-0.25, -0.2) is 4.79 Å². The van der Waals surface area contributed by atoms with Crippen molar-refractivity contribution >= 4 is 5.97 Å². The number of hydrogen-bond donors (Lipinski definition) is 0. The molecule has 104 valence electrons. The highest BCUT2D eigenvalue weighted by molar-refractivity contribution is 5.74. The fraction of sp³-hybridized carbons (Fsp3) is 0.250. The lowest BCUT2D eigenvalue weighted by Gasteiger charge is -2.13. The summed E-state index contributed by atoms with van der Waals surface area (Å²) in [6.45, 7) is 3.80. The van der Waals surface area contributed by atoms with Gasteiger partial charge in [0, 0.05) is 12.4 Å². The molecule has 1 heterocycles. The van der Waals surface area contributed by atoms with Crippen LogP contribution in [0.25, 0.3) is 11.1 Å². The van der Waals surface area contributed by atoms with Gasteiger partial charge in [0.2, 0.25) is 0 Å². The second-order valence-corrected chi connectivity index (χ2v) is 4.28. The molecule has 0 aliphatic carbocycles. The molecule has 0 N–H and O–H groups in total. The van der Waals surface area contributed by atoms with Crippen molar-refractivity contribution in [1.29, 1.82) is 0 Å². The Kier molecular flexibility index (Phi) is 4.71. The average Bonchev–Trinajstić information content (AvgIpc) is 2.49. The van der Waals surface area contributed by atoms with Gasteiger partial charge in [-0.3, -0.25) is 4.98 Å². The molecule has 2 rings (SSSR count). The van der Waals surface area contributed by atoms with Crippen molar-refractivity contribution < 1.29 is 14.3 Å². The Morgan fingerprint density at radius 3 is 2.55 bits per heavy atom. The lowest BCUT2D eigenvalue weighted by molar-refractivity contribution is -0.150. The fourth-order valence-corrected chi connectivity index (χ4v) is 1.77. The van der Waals surface area contributed by atoms with Crippen LogP contribution in [0.15, 0.2) is 48.8 Å². The molecule has 0 aliphatic rings. The summed E-state index contributed by atoms with van der Waals surface area (Å²) in [5.41, 5.74) is 2.09. The second-order valence-electron chi connectivity index (χ2n) is 4.28. The van der Waals surface area contributed by atoms with Gasteiger partial charge >= 0.3 is 5.97 Å². The van der Waals surface area contributed by atoms with Crippen molar-refractivity contribution in [3.05, 3.63) is 48.8 Å². The van der Waals surface area contributed by atoms with Crippen LogP contribution in [0.1, 0.15) is 13.8 Å². The molecule has 4 nitrogen and oxygen atoms in total. The Morgan fingerprint density at radius 2 is 1.95 bits per heavy atom. The smallest absolute Gasteiger partial charge is 0.347 e. The van der Waals surface area contributed by atoms with Gasteiger partial charge in [0.05, 0.1) is 6.61 Å². The molecule has 0 aliphatic heterocycles. The van der Waals surface area contributed by atoms with Gasteiger partial charge in [0.25, 0.3) is 0 Å². The SMILES string of the molecule is CCOC(=O)C(C)Oc1ccc(-c2cccnc2)cc1. The predicted octanol–water partition coefficient (Wildman–Crippen LogP) is 3.08. The lowest BCUT2D eigenvalue weighted by Crippen LogP contribution is -2.25. The molecule has 0 saturated heterocycles. The van der Waals surface area contributed by atoms with Gasteiger partial charge in [-0.2, -0.15) is 0 Å². The summed E-state index contributed by atoms with van der Waals surface area (Å²) in [5, 5.41) is 0. The van der Waals surface area contributed by atoms with Crippen LogP contribution in [0, 0.1) is 0 Å². The molecular formula is C16H17NO3. The summed E-state index contributed by atoms with van der Waals surface area (Å²) < 4.78 is 10.4. The first-order valence-electron chi connectivity index (χ1n) is 6.54. The van der Waals surface area contributed by atoms with Crippen LogP contribution in [-0.2, 0) is 9.53 Å². The van der Waals surface area contributed by atoms with E-state index in [2.05, 4.69) is 4.98 Å². The fourth-order valence-electron chi connectivity index (χ4n) is 1.77. The predicted molar refractivity (Wildman–Crippen MR) is 76.4 cm³/mol. The maximum absolute atomic E-state index is 11.5. The normalized spacial score (nSPS) is 11.7. The molecule has 2 aromatic rings. The number of benzene rings is 1. The minimum Gasteiger partial charge on any atom is -0.479 e. The summed E-state index contributed by atoms with van der Waals surface area (Å²) in [5.74, 6) is 0.280. The standard InChI is InChI=1S/C16H17NO3/c1-3-19-16(18)12(2)20-15-8-6-13(7-9-15)14-5-4-10-17-11-14/h4-12H,3H2,1-2H3. The van der Waals surface area contributed by atoms with E-state index in [0.29, 0.717) is 12.4 Å². The van der Waals surface area contributed by atoms with Crippen molar-refractivity contribution in [3.63, 3.8) is 0 Å². The summed E-state index contributed by atoms with van der Waals surface area (Å²) in [6, 6.07) is 11.4. The van der Waals surface area contributed by atoms with E-state index in [9.17, 15) is 4.79 Å². The summed E-state index contributed by atoms with van der Waals surface area (Å²) >= 11 is 0. The zero-order valence-electron chi connectivity index (χ0n) is 11.6. The van der Waals surface area contributed by atoms with Crippen LogP contribution >= 0.6 is 0 Å². The number of aromatic nitrogens is 1. The summed E-state index contributed by atoms with van der Waals surface area (Å²) in [7, 11) is 0. The van der Waals surface area contributed by atoms with Crippen molar-refractivity contribution in [3.8, 4) is 16.9 Å². The molecule has 0 saturated carbocycles.